The van der Waals surface area contributed by atoms with Crippen LogP contribution >= 0.6 is 0 Å². The van der Waals surface area contributed by atoms with Crippen LogP contribution in [0.2, 0.25) is 0 Å². The largest absolute Gasteiger partial charge is 0.269 e. The van der Waals surface area contributed by atoms with Crippen molar-refractivity contribution in [3.05, 3.63) is 46.5 Å². The van der Waals surface area contributed by atoms with Crippen LogP contribution in [0, 0.1) is 0 Å². The molecule has 1 aromatic carbocycles. The monoisotopic (exact) mass is 325 g/mol. The van der Waals surface area contributed by atoms with Crippen LogP contribution in [0.5, 0.6) is 0 Å². The van der Waals surface area contributed by atoms with Gasteiger partial charge >= 0.3 is 0 Å². The molecule has 0 saturated heterocycles. The summed E-state index contributed by atoms with van der Waals surface area (Å²) in [5.41, 5.74) is 5.16. The van der Waals surface area contributed by atoms with E-state index in [4.69, 9.17) is 0 Å². The van der Waals surface area contributed by atoms with Crippen LogP contribution in [0.3, 0.4) is 0 Å². The molecule has 0 aromatic heterocycles. The van der Waals surface area contributed by atoms with Crippen LogP contribution in [0.25, 0.3) is 0 Å². The molecule has 0 fully saturated rings. The first kappa shape index (κ1) is 16.9. The van der Waals surface area contributed by atoms with Gasteiger partial charge in [-0.05, 0) is 45.9 Å². The third-order valence-corrected chi connectivity index (χ3v) is 5.13. The van der Waals surface area contributed by atoms with E-state index in [0.29, 0.717) is 0 Å². The van der Waals surface area contributed by atoms with Crippen molar-refractivity contribution in [2.45, 2.75) is 71.3 Å². The number of benzene rings is 1. The summed E-state index contributed by atoms with van der Waals surface area (Å²) in [5.74, 6) is -0.363. The Labute approximate surface area is 144 Å². The van der Waals surface area contributed by atoms with Crippen LogP contribution in [0.4, 0.5) is 0 Å². The number of carbonyl (C=O) groups excluding carboxylic acids is 2. The van der Waals surface area contributed by atoms with Crippen molar-refractivity contribution in [3.8, 4) is 0 Å². The fourth-order valence-corrected chi connectivity index (χ4v) is 4.07. The molecule has 0 N–H and O–H groups in total. The number of rotatable bonds is 1. The predicted octanol–water partition coefficient (Wildman–Crippen LogP) is 4.19. The van der Waals surface area contributed by atoms with Crippen molar-refractivity contribution in [1.29, 1.82) is 0 Å². The lowest BCUT2D eigenvalue weighted by Crippen LogP contribution is -2.34. The lowest BCUT2D eigenvalue weighted by molar-refractivity contribution is -0.139. The standard InChI is InChI=1S/C21H27NO2/c1-20(2,3)14-8-9-15(21(4,5)6)19-13(14)7-10-16(19)22-17(23)11-12-18(22)24/h8-9,11-12,16H,7,10H2,1-6H3/t16-/m0/s1. The molecule has 128 valence electrons. The summed E-state index contributed by atoms with van der Waals surface area (Å²) in [5, 5.41) is 0. The third kappa shape index (κ3) is 2.60. The summed E-state index contributed by atoms with van der Waals surface area (Å²) in [6.07, 6.45) is 4.54. The second-order valence-corrected chi connectivity index (χ2v) is 8.99. The summed E-state index contributed by atoms with van der Waals surface area (Å²) in [4.78, 5) is 25.9. The summed E-state index contributed by atoms with van der Waals surface area (Å²) < 4.78 is 0. The Morgan fingerprint density at radius 3 is 1.88 bits per heavy atom. The van der Waals surface area contributed by atoms with Crippen molar-refractivity contribution < 1.29 is 9.59 Å². The van der Waals surface area contributed by atoms with Crippen molar-refractivity contribution in [1.82, 2.24) is 4.90 Å². The van der Waals surface area contributed by atoms with Gasteiger partial charge in [-0.1, -0.05) is 53.7 Å². The van der Waals surface area contributed by atoms with E-state index in [1.165, 1.54) is 39.3 Å². The van der Waals surface area contributed by atoms with Crippen molar-refractivity contribution in [3.63, 3.8) is 0 Å². The summed E-state index contributed by atoms with van der Waals surface area (Å²) >= 11 is 0. The molecule has 1 aliphatic heterocycles. The van der Waals surface area contributed by atoms with Crippen LogP contribution in [0.15, 0.2) is 24.3 Å². The van der Waals surface area contributed by atoms with Crippen molar-refractivity contribution in [2.75, 3.05) is 0 Å². The van der Waals surface area contributed by atoms with E-state index in [1.54, 1.807) is 0 Å². The van der Waals surface area contributed by atoms with Gasteiger partial charge in [0.05, 0.1) is 6.04 Å². The first-order valence-electron chi connectivity index (χ1n) is 8.74. The van der Waals surface area contributed by atoms with Crippen LogP contribution in [-0.2, 0) is 26.8 Å². The second-order valence-electron chi connectivity index (χ2n) is 8.99. The van der Waals surface area contributed by atoms with Gasteiger partial charge in [-0.15, -0.1) is 0 Å². The normalized spacial score (nSPS) is 20.9. The van der Waals surface area contributed by atoms with E-state index in [-0.39, 0.29) is 28.7 Å². The highest BCUT2D eigenvalue weighted by atomic mass is 16.2. The van der Waals surface area contributed by atoms with Crippen molar-refractivity contribution >= 4 is 11.8 Å². The molecule has 0 unspecified atom stereocenters. The molecule has 24 heavy (non-hydrogen) atoms. The van der Waals surface area contributed by atoms with E-state index in [0.717, 1.165) is 12.8 Å². The number of imide groups is 1. The number of nitrogens with zero attached hydrogens (tertiary/aromatic N) is 1. The molecule has 0 spiro atoms. The smallest absolute Gasteiger partial charge is 0.254 e. The SMILES string of the molecule is CC(C)(C)c1ccc(C(C)(C)C)c2c1CC[C@@H]2N1C(=O)C=CC1=O. The lowest BCUT2D eigenvalue weighted by Gasteiger charge is -2.32. The van der Waals surface area contributed by atoms with Gasteiger partial charge in [0.25, 0.3) is 11.8 Å². The maximum absolute atomic E-state index is 12.2. The topological polar surface area (TPSA) is 37.4 Å². The van der Waals surface area contributed by atoms with Gasteiger partial charge in [0, 0.05) is 12.2 Å². The maximum atomic E-state index is 12.2. The van der Waals surface area contributed by atoms with E-state index in [2.05, 4.69) is 53.7 Å². The van der Waals surface area contributed by atoms with E-state index in [1.807, 2.05) is 0 Å². The van der Waals surface area contributed by atoms with Gasteiger partial charge in [0.15, 0.2) is 0 Å². The highest BCUT2D eigenvalue weighted by molar-refractivity contribution is 6.13. The summed E-state index contributed by atoms with van der Waals surface area (Å²) in [7, 11) is 0. The fraction of sp³-hybridized carbons (Fsp3) is 0.524. The van der Waals surface area contributed by atoms with Crippen LogP contribution < -0.4 is 0 Å². The Balaban J connectivity index is 2.21. The summed E-state index contributed by atoms with van der Waals surface area (Å²) in [6, 6.07) is 4.32. The fourth-order valence-electron chi connectivity index (χ4n) is 4.07. The molecule has 0 radical (unpaired) electrons. The molecule has 1 aromatic rings. The molecule has 2 amide bonds. The zero-order chi connectivity index (χ0) is 17.9. The number of amides is 2. The Hall–Kier alpha value is -1.90. The minimum absolute atomic E-state index is 0.0255. The molecule has 1 heterocycles. The molecule has 3 rings (SSSR count). The maximum Gasteiger partial charge on any atom is 0.254 e. The Morgan fingerprint density at radius 2 is 1.38 bits per heavy atom. The Morgan fingerprint density at radius 1 is 0.875 bits per heavy atom. The first-order chi connectivity index (χ1) is 11.0. The molecule has 3 heteroatoms. The highest BCUT2D eigenvalue weighted by Crippen LogP contribution is 2.46. The van der Waals surface area contributed by atoms with Crippen LogP contribution in [-0.4, -0.2) is 16.7 Å². The Kier molecular flexibility index (Phi) is 3.74. The average molecular weight is 325 g/mol. The molecular formula is C21H27NO2. The number of hydrogen-bond acceptors (Lipinski definition) is 2. The zero-order valence-electron chi connectivity index (χ0n) is 15.6. The van der Waals surface area contributed by atoms with Gasteiger partial charge in [-0.25, -0.2) is 0 Å². The number of fused-ring (bicyclic) bond motifs is 1. The molecule has 1 atom stereocenters. The second kappa shape index (κ2) is 5.30. The van der Waals surface area contributed by atoms with Gasteiger partial charge in [-0.2, -0.15) is 0 Å². The quantitative estimate of drug-likeness (QED) is 0.726. The van der Waals surface area contributed by atoms with Crippen molar-refractivity contribution in [2.24, 2.45) is 0 Å². The van der Waals surface area contributed by atoms with E-state index < -0.39 is 0 Å². The van der Waals surface area contributed by atoms with Gasteiger partial charge in [-0.3, -0.25) is 14.5 Å². The van der Waals surface area contributed by atoms with E-state index in [9.17, 15) is 9.59 Å². The minimum atomic E-state index is -0.182. The summed E-state index contributed by atoms with van der Waals surface area (Å²) in [6.45, 7) is 13.3. The molecule has 0 bridgehead atoms. The minimum Gasteiger partial charge on any atom is -0.269 e. The van der Waals surface area contributed by atoms with Gasteiger partial charge < -0.3 is 0 Å². The van der Waals surface area contributed by atoms with Gasteiger partial charge in [0.2, 0.25) is 0 Å². The highest BCUT2D eigenvalue weighted by Gasteiger charge is 2.40. The Bertz CT molecular complexity index is 726. The molecule has 1 aliphatic carbocycles. The van der Waals surface area contributed by atoms with Crippen LogP contribution in [0.1, 0.15) is 76.3 Å². The zero-order valence-corrected chi connectivity index (χ0v) is 15.6. The molecule has 0 saturated carbocycles. The van der Waals surface area contributed by atoms with Gasteiger partial charge in [0.1, 0.15) is 0 Å². The van der Waals surface area contributed by atoms with E-state index >= 15 is 0 Å². The number of carbonyl (C=O) groups is 2. The first-order valence-corrected chi connectivity index (χ1v) is 8.74. The number of hydrogen-bond donors (Lipinski definition) is 0. The molecular weight excluding hydrogens is 298 g/mol. The molecule has 3 nitrogen and oxygen atoms in total. The third-order valence-electron chi connectivity index (χ3n) is 5.13. The molecule has 2 aliphatic rings. The predicted molar refractivity (Wildman–Crippen MR) is 95.9 cm³/mol. The average Bonchev–Trinajstić information content (AvgIpc) is 2.99. The lowest BCUT2D eigenvalue weighted by atomic mass is 9.76.